The molecular weight excluding hydrogens is 398 g/mol. The number of ether oxygens (including phenoxy) is 1. The first kappa shape index (κ1) is 20.2. The van der Waals surface area contributed by atoms with Gasteiger partial charge in [0.05, 0.1) is 5.25 Å². The van der Waals surface area contributed by atoms with Gasteiger partial charge < -0.3 is 14.5 Å². The lowest BCUT2D eigenvalue weighted by atomic mass is 10.1. The second-order valence-electron chi connectivity index (χ2n) is 6.28. The Hall–Kier alpha value is -2.51. The van der Waals surface area contributed by atoms with E-state index < -0.39 is 5.25 Å². The molecule has 3 rings (SSSR count). The van der Waals surface area contributed by atoms with Crippen LogP contribution in [0.15, 0.2) is 52.1 Å². The molecule has 2 aromatic carbocycles. The number of anilines is 1. The molecule has 1 atom stereocenters. The molecule has 3 aromatic rings. The van der Waals surface area contributed by atoms with Crippen molar-refractivity contribution in [3.05, 3.63) is 64.5 Å². The first-order valence-corrected chi connectivity index (χ1v) is 9.92. The van der Waals surface area contributed by atoms with Crippen molar-refractivity contribution in [2.75, 3.05) is 5.32 Å². The van der Waals surface area contributed by atoms with E-state index in [1.54, 1.807) is 31.2 Å². The van der Waals surface area contributed by atoms with Gasteiger partial charge in [-0.25, -0.2) is 0 Å². The van der Waals surface area contributed by atoms with E-state index in [1.165, 1.54) is 11.8 Å². The predicted octanol–water partition coefficient (Wildman–Crippen LogP) is 5.04. The third kappa shape index (κ3) is 5.50. The van der Waals surface area contributed by atoms with E-state index in [0.29, 0.717) is 21.8 Å². The Morgan fingerprint density at radius 3 is 2.86 bits per heavy atom. The van der Waals surface area contributed by atoms with Gasteiger partial charge in [-0.3, -0.25) is 4.79 Å². The highest BCUT2D eigenvalue weighted by molar-refractivity contribution is 8.00. The van der Waals surface area contributed by atoms with Gasteiger partial charge >= 0.3 is 0 Å². The van der Waals surface area contributed by atoms with Crippen LogP contribution >= 0.6 is 23.4 Å². The molecule has 0 bridgehead atoms. The van der Waals surface area contributed by atoms with E-state index in [1.807, 2.05) is 32.0 Å². The average Bonchev–Trinajstić information content (AvgIpc) is 3.10. The van der Waals surface area contributed by atoms with Gasteiger partial charge in [0.25, 0.3) is 11.1 Å². The summed E-state index contributed by atoms with van der Waals surface area (Å²) in [5, 5.41) is 11.2. The Morgan fingerprint density at radius 1 is 1.25 bits per heavy atom. The topological polar surface area (TPSA) is 77.2 Å². The number of hydrogen-bond donors (Lipinski definition) is 1. The van der Waals surface area contributed by atoms with Crippen molar-refractivity contribution in [2.45, 2.75) is 37.9 Å². The first-order valence-electron chi connectivity index (χ1n) is 8.66. The average molecular weight is 418 g/mol. The number of carbonyl (C=O) groups is 1. The van der Waals surface area contributed by atoms with Crippen LogP contribution in [0.2, 0.25) is 5.02 Å². The maximum Gasteiger partial charge on any atom is 0.277 e. The number of carbonyl (C=O) groups excluding carboxylic acids is 1. The van der Waals surface area contributed by atoms with Crippen LogP contribution in [0.3, 0.4) is 0 Å². The maximum absolute atomic E-state index is 12.3. The fraction of sp³-hybridized carbons (Fsp3) is 0.250. The van der Waals surface area contributed by atoms with Crippen molar-refractivity contribution < 1.29 is 13.9 Å². The van der Waals surface area contributed by atoms with Crippen molar-refractivity contribution in [1.82, 2.24) is 10.2 Å². The van der Waals surface area contributed by atoms with Crippen molar-refractivity contribution in [3.8, 4) is 5.75 Å². The first-order chi connectivity index (χ1) is 13.4. The van der Waals surface area contributed by atoms with Crippen molar-refractivity contribution >= 4 is 35.0 Å². The fourth-order valence-corrected chi connectivity index (χ4v) is 3.25. The Kier molecular flexibility index (Phi) is 6.59. The van der Waals surface area contributed by atoms with Crippen LogP contribution in [0, 0.1) is 13.8 Å². The molecule has 0 aliphatic rings. The van der Waals surface area contributed by atoms with Crippen LogP contribution in [0.25, 0.3) is 0 Å². The Labute approximate surface area is 172 Å². The standard InChI is InChI=1S/C20H20ClN3O3S/c1-12-7-8-13(2)17(9-12)26-11-18-23-24-20(27-18)28-14(3)19(25)22-16-6-4-5-15(21)10-16/h4-10,14H,11H2,1-3H3,(H,22,25). The molecule has 0 aliphatic carbocycles. The molecule has 1 unspecified atom stereocenters. The molecule has 1 heterocycles. The van der Waals surface area contributed by atoms with E-state index in [9.17, 15) is 4.79 Å². The molecule has 0 saturated carbocycles. The summed E-state index contributed by atoms with van der Waals surface area (Å²) in [6, 6.07) is 13.0. The van der Waals surface area contributed by atoms with E-state index in [2.05, 4.69) is 15.5 Å². The molecule has 1 aromatic heterocycles. The minimum atomic E-state index is -0.424. The quantitative estimate of drug-likeness (QED) is 0.543. The third-order valence-electron chi connectivity index (χ3n) is 3.88. The van der Waals surface area contributed by atoms with Crippen LogP contribution in [0.5, 0.6) is 5.75 Å². The highest BCUT2D eigenvalue weighted by Crippen LogP contribution is 2.25. The summed E-state index contributed by atoms with van der Waals surface area (Å²) in [4.78, 5) is 12.3. The molecule has 0 radical (unpaired) electrons. The molecule has 8 heteroatoms. The summed E-state index contributed by atoms with van der Waals surface area (Å²) in [7, 11) is 0. The fourth-order valence-electron chi connectivity index (χ4n) is 2.36. The largest absolute Gasteiger partial charge is 0.484 e. The number of hydrogen-bond acceptors (Lipinski definition) is 6. The van der Waals surface area contributed by atoms with Gasteiger partial charge in [0, 0.05) is 10.7 Å². The molecule has 0 saturated heterocycles. The SMILES string of the molecule is Cc1ccc(C)c(OCc2nnc(SC(C)C(=O)Nc3cccc(Cl)c3)o2)c1. The zero-order chi connectivity index (χ0) is 20.1. The zero-order valence-electron chi connectivity index (χ0n) is 15.7. The van der Waals surface area contributed by atoms with E-state index >= 15 is 0 Å². The highest BCUT2D eigenvalue weighted by atomic mass is 35.5. The maximum atomic E-state index is 12.3. The number of aromatic nitrogens is 2. The number of nitrogens with zero attached hydrogens (tertiary/aromatic N) is 2. The summed E-state index contributed by atoms with van der Waals surface area (Å²) in [6.07, 6.45) is 0. The number of thioether (sulfide) groups is 1. The lowest BCUT2D eigenvalue weighted by Crippen LogP contribution is -2.22. The monoisotopic (exact) mass is 417 g/mol. The Morgan fingerprint density at radius 2 is 2.07 bits per heavy atom. The number of aryl methyl sites for hydroxylation is 2. The van der Waals surface area contributed by atoms with Gasteiger partial charge in [0.15, 0.2) is 6.61 Å². The summed E-state index contributed by atoms with van der Waals surface area (Å²) in [6.45, 7) is 5.91. The third-order valence-corrected chi connectivity index (χ3v) is 5.05. The van der Waals surface area contributed by atoms with Crippen LogP contribution in [0.4, 0.5) is 5.69 Å². The smallest absolute Gasteiger partial charge is 0.277 e. The Balaban J connectivity index is 1.54. The second kappa shape index (κ2) is 9.12. The molecule has 0 fully saturated rings. The van der Waals surface area contributed by atoms with E-state index in [4.69, 9.17) is 20.8 Å². The van der Waals surface area contributed by atoms with Gasteiger partial charge in [-0.2, -0.15) is 0 Å². The molecule has 0 spiro atoms. The number of benzene rings is 2. The number of nitrogens with one attached hydrogen (secondary N) is 1. The van der Waals surface area contributed by atoms with Gasteiger partial charge in [-0.1, -0.05) is 41.6 Å². The summed E-state index contributed by atoms with van der Waals surface area (Å²) >= 11 is 7.11. The van der Waals surface area contributed by atoms with Gasteiger partial charge in [0.1, 0.15) is 5.75 Å². The molecule has 1 amide bonds. The highest BCUT2D eigenvalue weighted by Gasteiger charge is 2.19. The van der Waals surface area contributed by atoms with Crippen LogP contribution in [-0.2, 0) is 11.4 Å². The van der Waals surface area contributed by atoms with Crippen LogP contribution < -0.4 is 10.1 Å². The zero-order valence-corrected chi connectivity index (χ0v) is 17.3. The molecule has 146 valence electrons. The van der Waals surface area contributed by atoms with Gasteiger partial charge in [-0.15, -0.1) is 10.2 Å². The number of halogens is 1. The molecular formula is C20H20ClN3O3S. The molecule has 6 nitrogen and oxygen atoms in total. The van der Waals surface area contributed by atoms with Crippen LogP contribution in [-0.4, -0.2) is 21.4 Å². The van der Waals surface area contributed by atoms with Crippen LogP contribution in [0.1, 0.15) is 23.9 Å². The van der Waals surface area contributed by atoms with Crippen molar-refractivity contribution in [1.29, 1.82) is 0 Å². The molecule has 0 aliphatic heterocycles. The summed E-state index contributed by atoms with van der Waals surface area (Å²) in [5.41, 5.74) is 2.78. The van der Waals surface area contributed by atoms with E-state index in [-0.39, 0.29) is 12.5 Å². The van der Waals surface area contributed by atoms with Crippen molar-refractivity contribution in [2.24, 2.45) is 0 Å². The molecule has 1 N–H and O–H groups in total. The van der Waals surface area contributed by atoms with Crippen molar-refractivity contribution in [3.63, 3.8) is 0 Å². The Bertz CT molecular complexity index is 977. The minimum Gasteiger partial charge on any atom is -0.484 e. The lowest BCUT2D eigenvalue weighted by molar-refractivity contribution is -0.115. The predicted molar refractivity (Wildman–Crippen MR) is 110 cm³/mol. The normalized spacial score (nSPS) is 11.9. The van der Waals surface area contributed by atoms with Gasteiger partial charge in [-0.05, 0) is 56.2 Å². The van der Waals surface area contributed by atoms with E-state index in [0.717, 1.165) is 16.9 Å². The summed E-state index contributed by atoms with van der Waals surface area (Å²) in [5.74, 6) is 0.950. The minimum absolute atomic E-state index is 0.168. The number of rotatable bonds is 7. The summed E-state index contributed by atoms with van der Waals surface area (Å²) < 4.78 is 11.3. The second-order valence-corrected chi connectivity index (χ2v) is 8.01. The van der Waals surface area contributed by atoms with Gasteiger partial charge in [0.2, 0.25) is 5.91 Å². The lowest BCUT2D eigenvalue weighted by Gasteiger charge is -2.10. The number of amides is 1. The molecule has 28 heavy (non-hydrogen) atoms.